The molecule has 0 bridgehead atoms. The molecule has 13 heteroatoms. The van der Waals surface area contributed by atoms with Crippen LogP contribution in [0.1, 0.15) is 18.9 Å². The van der Waals surface area contributed by atoms with Gasteiger partial charge in [0.1, 0.15) is 11.9 Å². The molecule has 0 aliphatic carbocycles. The van der Waals surface area contributed by atoms with Crippen LogP contribution in [0.2, 0.25) is 0 Å². The predicted molar refractivity (Wildman–Crippen MR) is 140 cm³/mol. The van der Waals surface area contributed by atoms with Gasteiger partial charge >= 0.3 is 6.09 Å². The number of halogens is 1. The van der Waals surface area contributed by atoms with E-state index in [1.807, 2.05) is 23.1 Å². The Hall–Kier alpha value is -4.55. The van der Waals surface area contributed by atoms with Crippen LogP contribution in [0, 0.1) is 5.82 Å². The first kappa shape index (κ1) is 25.7. The highest BCUT2D eigenvalue weighted by molar-refractivity contribution is 6.04. The number of amides is 3. The van der Waals surface area contributed by atoms with Crippen LogP contribution in [0.5, 0.6) is 11.5 Å². The molecule has 1 unspecified atom stereocenters. The molecule has 12 nitrogen and oxygen atoms in total. The number of rotatable bonds is 6. The first-order valence-corrected chi connectivity index (χ1v) is 13.0. The van der Waals surface area contributed by atoms with Crippen molar-refractivity contribution >= 4 is 35.0 Å². The van der Waals surface area contributed by atoms with Crippen molar-refractivity contribution < 1.29 is 37.8 Å². The Morgan fingerprint density at radius 2 is 1.88 bits per heavy atom. The molecule has 40 heavy (non-hydrogen) atoms. The van der Waals surface area contributed by atoms with E-state index in [0.717, 1.165) is 5.56 Å². The van der Waals surface area contributed by atoms with Crippen LogP contribution < -0.4 is 24.6 Å². The molecule has 6 rings (SSSR count). The van der Waals surface area contributed by atoms with Crippen LogP contribution in [0.4, 0.5) is 20.6 Å². The number of anilines is 2. The maximum atomic E-state index is 15.1. The van der Waals surface area contributed by atoms with E-state index in [2.05, 4.69) is 10.5 Å². The molecule has 210 valence electrons. The number of hydrogen-bond donors (Lipinski definition) is 1. The minimum atomic E-state index is -0.710. The summed E-state index contributed by atoms with van der Waals surface area (Å²) >= 11 is 0. The van der Waals surface area contributed by atoms with Gasteiger partial charge in [0, 0.05) is 45.1 Å². The van der Waals surface area contributed by atoms with Gasteiger partial charge in [-0.25, -0.2) is 9.18 Å². The maximum absolute atomic E-state index is 15.1. The molecule has 0 radical (unpaired) electrons. The SMILES string of the molecule is CC(=O)NC[C@H]1CN(c2ccc(N3CCN(C(=O)C4CC(c5ccc6c(c5)OCO6)=NO4)CC3)c(F)c2)C(=O)O1. The van der Waals surface area contributed by atoms with Crippen molar-refractivity contribution in [3.63, 3.8) is 0 Å². The standard InChI is InChI=1S/C27H28FN5O7/c1-16(34)29-13-19-14-33(27(36)39-19)18-3-4-22(20(28)11-18)31-6-8-32(9-7-31)26(35)25-12-21(30-40-25)17-2-5-23-24(10-17)38-15-37-23/h2-5,10-11,19,25H,6-9,12-15H2,1H3,(H,29,34)/t19-,25?/m0/s1. The lowest BCUT2D eigenvalue weighted by Gasteiger charge is -2.37. The summed E-state index contributed by atoms with van der Waals surface area (Å²) in [6.07, 6.45) is -1.46. The predicted octanol–water partition coefficient (Wildman–Crippen LogP) is 1.86. The number of hydrogen-bond acceptors (Lipinski definition) is 9. The van der Waals surface area contributed by atoms with Gasteiger partial charge in [-0.3, -0.25) is 14.5 Å². The van der Waals surface area contributed by atoms with Crippen molar-refractivity contribution in [3.8, 4) is 11.5 Å². The number of fused-ring (bicyclic) bond motifs is 1. The molecule has 1 N–H and O–H groups in total. The zero-order valence-corrected chi connectivity index (χ0v) is 21.8. The molecule has 4 heterocycles. The number of piperazine rings is 1. The van der Waals surface area contributed by atoms with Crippen molar-refractivity contribution in [1.82, 2.24) is 10.2 Å². The van der Waals surface area contributed by atoms with Gasteiger partial charge in [-0.05, 0) is 36.4 Å². The van der Waals surface area contributed by atoms with Gasteiger partial charge in [0.25, 0.3) is 5.91 Å². The van der Waals surface area contributed by atoms with Gasteiger partial charge in [0.2, 0.25) is 18.8 Å². The molecule has 3 amide bonds. The van der Waals surface area contributed by atoms with Crippen molar-refractivity contribution in [2.45, 2.75) is 25.6 Å². The molecule has 2 atom stereocenters. The van der Waals surface area contributed by atoms with E-state index in [9.17, 15) is 14.4 Å². The number of ether oxygens (including phenoxy) is 3. The lowest BCUT2D eigenvalue weighted by Crippen LogP contribution is -2.51. The second-order valence-electron chi connectivity index (χ2n) is 9.91. The molecule has 4 aliphatic heterocycles. The smallest absolute Gasteiger partial charge is 0.414 e. The van der Waals surface area contributed by atoms with Crippen LogP contribution in [-0.2, 0) is 19.2 Å². The third-order valence-corrected chi connectivity index (χ3v) is 7.28. The fourth-order valence-corrected chi connectivity index (χ4v) is 5.14. The van der Waals surface area contributed by atoms with E-state index in [1.54, 1.807) is 17.0 Å². The minimum absolute atomic E-state index is 0.156. The Morgan fingerprint density at radius 1 is 1.07 bits per heavy atom. The third-order valence-electron chi connectivity index (χ3n) is 7.28. The van der Waals surface area contributed by atoms with Crippen molar-refractivity contribution in [3.05, 3.63) is 47.8 Å². The largest absolute Gasteiger partial charge is 0.454 e. The van der Waals surface area contributed by atoms with E-state index in [1.165, 1.54) is 17.9 Å². The van der Waals surface area contributed by atoms with E-state index >= 15 is 4.39 Å². The third kappa shape index (κ3) is 5.06. The molecule has 2 saturated heterocycles. The Bertz CT molecular complexity index is 1380. The summed E-state index contributed by atoms with van der Waals surface area (Å²) in [4.78, 5) is 46.9. The summed E-state index contributed by atoms with van der Waals surface area (Å²) in [6.45, 7) is 3.65. The van der Waals surface area contributed by atoms with Crippen molar-refractivity contribution in [2.24, 2.45) is 5.16 Å². The number of oxime groups is 1. The molecule has 2 aromatic rings. The average molecular weight is 554 g/mol. The zero-order valence-electron chi connectivity index (χ0n) is 21.8. The quantitative estimate of drug-likeness (QED) is 0.576. The lowest BCUT2D eigenvalue weighted by atomic mass is 10.0. The van der Waals surface area contributed by atoms with E-state index in [0.29, 0.717) is 61.2 Å². The lowest BCUT2D eigenvalue weighted by molar-refractivity contribution is -0.142. The Balaban J connectivity index is 1.02. The van der Waals surface area contributed by atoms with Crippen molar-refractivity contribution in [1.29, 1.82) is 0 Å². The minimum Gasteiger partial charge on any atom is -0.454 e. The molecule has 0 saturated carbocycles. The monoisotopic (exact) mass is 553 g/mol. The number of carbonyl (C=O) groups excluding carboxylic acids is 3. The molecule has 2 fully saturated rings. The number of carbonyl (C=O) groups is 3. The summed E-state index contributed by atoms with van der Waals surface area (Å²) in [7, 11) is 0. The molecule has 4 aliphatic rings. The van der Waals surface area contributed by atoms with Crippen LogP contribution in [0.3, 0.4) is 0 Å². The normalized spacial score (nSPS) is 21.7. The molecule has 2 aromatic carbocycles. The van der Waals surface area contributed by atoms with E-state index in [4.69, 9.17) is 19.0 Å². The molecule has 0 spiro atoms. The molecular formula is C27H28FN5O7. The first-order chi connectivity index (χ1) is 19.4. The molecular weight excluding hydrogens is 525 g/mol. The fourth-order valence-electron chi connectivity index (χ4n) is 5.14. The first-order valence-electron chi connectivity index (χ1n) is 13.0. The Kier molecular flexibility index (Phi) is 6.78. The summed E-state index contributed by atoms with van der Waals surface area (Å²) in [6, 6.07) is 10.1. The van der Waals surface area contributed by atoms with Gasteiger partial charge in [-0.2, -0.15) is 0 Å². The van der Waals surface area contributed by atoms with Crippen LogP contribution in [-0.4, -0.2) is 86.8 Å². The summed E-state index contributed by atoms with van der Waals surface area (Å²) in [5, 5.41) is 6.75. The Labute approximate surface area is 229 Å². The van der Waals surface area contributed by atoms with Crippen LogP contribution in [0.25, 0.3) is 0 Å². The highest BCUT2D eigenvalue weighted by Gasteiger charge is 2.35. The number of benzene rings is 2. The number of nitrogens with zero attached hydrogens (tertiary/aromatic N) is 4. The summed E-state index contributed by atoms with van der Waals surface area (Å²) in [5.41, 5.74) is 2.25. The van der Waals surface area contributed by atoms with E-state index < -0.39 is 24.1 Å². The molecule has 0 aromatic heterocycles. The van der Waals surface area contributed by atoms with Gasteiger partial charge < -0.3 is 34.2 Å². The number of cyclic esters (lactones) is 1. The topological polar surface area (TPSA) is 122 Å². The maximum Gasteiger partial charge on any atom is 0.414 e. The summed E-state index contributed by atoms with van der Waals surface area (Å²) in [5.74, 6) is 0.456. The summed E-state index contributed by atoms with van der Waals surface area (Å²) < 4.78 is 31.2. The fraction of sp³-hybridized carbons (Fsp3) is 0.407. The van der Waals surface area contributed by atoms with Crippen LogP contribution in [0.15, 0.2) is 41.6 Å². The van der Waals surface area contributed by atoms with Gasteiger partial charge in [-0.15, -0.1) is 0 Å². The highest BCUT2D eigenvalue weighted by Crippen LogP contribution is 2.34. The number of nitrogens with one attached hydrogen (secondary N) is 1. The van der Waals surface area contributed by atoms with Gasteiger partial charge in [0.05, 0.1) is 30.2 Å². The van der Waals surface area contributed by atoms with Gasteiger partial charge in [0.15, 0.2) is 11.5 Å². The van der Waals surface area contributed by atoms with Gasteiger partial charge in [-0.1, -0.05) is 5.16 Å². The van der Waals surface area contributed by atoms with E-state index in [-0.39, 0.29) is 31.7 Å². The van der Waals surface area contributed by atoms with Crippen LogP contribution >= 0.6 is 0 Å². The second-order valence-corrected chi connectivity index (χ2v) is 9.91. The highest BCUT2D eigenvalue weighted by atomic mass is 19.1. The second kappa shape index (κ2) is 10.5. The van der Waals surface area contributed by atoms with Crippen molar-refractivity contribution in [2.75, 3.05) is 55.9 Å². The average Bonchev–Trinajstić information content (AvgIpc) is 3.71. The zero-order chi connectivity index (χ0) is 27.8. The Morgan fingerprint density at radius 3 is 2.65 bits per heavy atom.